The van der Waals surface area contributed by atoms with E-state index in [0.717, 1.165) is 6.07 Å². The molecule has 2 aromatic rings. The number of nitrogens with zero attached hydrogens (tertiary/aromatic N) is 2. The number of halogens is 2. The number of hydrogen-bond acceptors (Lipinski definition) is 4. The molecule has 1 aromatic carbocycles. The summed E-state index contributed by atoms with van der Waals surface area (Å²) >= 11 is 5.89. The number of anilines is 1. The summed E-state index contributed by atoms with van der Waals surface area (Å²) in [6.07, 6.45) is 0. The fraction of sp³-hybridized carbons (Fsp3) is 0.182. The van der Waals surface area contributed by atoms with Gasteiger partial charge in [-0.1, -0.05) is 11.6 Å². The molecule has 1 heterocycles. The van der Waals surface area contributed by atoms with Crippen molar-refractivity contribution in [2.24, 2.45) is 7.05 Å². The molecule has 1 aromatic heterocycles. The number of methoxy groups -OCH3 is 1. The molecule has 2 rings (SSSR count). The summed E-state index contributed by atoms with van der Waals surface area (Å²) in [4.78, 5) is 0. The zero-order chi connectivity index (χ0) is 13.4. The second kappa shape index (κ2) is 4.38. The molecule has 0 radical (unpaired) electrons. The molecular formula is C11H11ClFN3O2. The first kappa shape index (κ1) is 12.5. The number of benzene rings is 1. The van der Waals surface area contributed by atoms with Crippen molar-refractivity contribution in [2.75, 3.05) is 12.8 Å². The lowest BCUT2D eigenvalue weighted by Gasteiger charge is -2.10. The highest BCUT2D eigenvalue weighted by molar-refractivity contribution is 6.34. The van der Waals surface area contributed by atoms with Crippen LogP contribution in [-0.4, -0.2) is 22.0 Å². The minimum absolute atomic E-state index is 0.0551. The van der Waals surface area contributed by atoms with Gasteiger partial charge in [0.1, 0.15) is 11.6 Å². The maximum Gasteiger partial charge on any atom is 0.171 e. The largest absolute Gasteiger partial charge is 0.504 e. The van der Waals surface area contributed by atoms with Gasteiger partial charge in [-0.05, 0) is 0 Å². The van der Waals surface area contributed by atoms with E-state index in [1.54, 1.807) is 7.05 Å². The summed E-state index contributed by atoms with van der Waals surface area (Å²) in [5.74, 6) is -0.667. The second-order valence-corrected chi connectivity index (χ2v) is 4.06. The van der Waals surface area contributed by atoms with Gasteiger partial charge in [0.2, 0.25) is 0 Å². The number of hydrogen-bond donors (Lipinski definition) is 2. The molecule has 0 aliphatic carbocycles. The van der Waals surface area contributed by atoms with Crippen LogP contribution < -0.4 is 10.5 Å². The summed E-state index contributed by atoms with van der Waals surface area (Å²) in [5.41, 5.74) is 6.15. The zero-order valence-corrected chi connectivity index (χ0v) is 10.5. The molecule has 18 heavy (non-hydrogen) atoms. The lowest BCUT2D eigenvalue weighted by molar-refractivity contribution is 0.372. The molecule has 3 N–H and O–H groups in total. The van der Waals surface area contributed by atoms with Gasteiger partial charge in [-0.25, -0.2) is 4.39 Å². The number of aromatic hydroxyl groups is 1. The summed E-state index contributed by atoms with van der Waals surface area (Å²) in [5, 5.41) is 13.5. The second-order valence-electron chi connectivity index (χ2n) is 3.68. The zero-order valence-electron chi connectivity index (χ0n) is 9.74. The highest BCUT2D eigenvalue weighted by Crippen LogP contribution is 2.43. The van der Waals surface area contributed by atoms with E-state index in [1.165, 1.54) is 17.9 Å². The molecule has 0 bridgehead atoms. The van der Waals surface area contributed by atoms with Crippen molar-refractivity contribution in [3.8, 4) is 22.8 Å². The first-order valence-corrected chi connectivity index (χ1v) is 5.38. The van der Waals surface area contributed by atoms with E-state index >= 15 is 0 Å². The summed E-state index contributed by atoms with van der Waals surface area (Å²) < 4.78 is 20.0. The van der Waals surface area contributed by atoms with Crippen molar-refractivity contribution < 1.29 is 14.2 Å². The van der Waals surface area contributed by atoms with Gasteiger partial charge in [0.05, 0.1) is 23.4 Å². The molecule has 0 amide bonds. The number of aromatic nitrogens is 2. The normalized spacial score (nSPS) is 10.7. The van der Waals surface area contributed by atoms with Gasteiger partial charge in [0.25, 0.3) is 0 Å². The number of ether oxygens (including phenoxy) is 1. The minimum atomic E-state index is -0.755. The van der Waals surface area contributed by atoms with Crippen LogP contribution in [0.4, 0.5) is 10.2 Å². The number of phenols is 1. The van der Waals surface area contributed by atoms with Crippen LogP contribution in [0.5, 0.6) is 11.5 Å². The number of phenolic OH excluding ortho intramolecular Hbond substituents is 1. The fourth-order valence-electron chi connectivity index (χ4n) is 1.64. The van der Waals surface area contributed by atoms with Gasteiger partial charge in [0.15, 0.2) is 11.5 Å². The van der Waals surface area contributed by atoms with Crippen LogP contribution in [0, 0.1) is 5.82 Å². The van der Waals surface area contributed by atoms with Gasteiger partial charge in [-0.2, -0.15) is 5.10 Å². The van der Waals surface area contributed by atoms with Crippen molar-refractivity contribution in [1.29, 1.82) is 0 Å². The standard InChI is InChI=1S/C11H11ClFN3O2/c1-16-8(14)4-6(15-16)9-10(12)5(13)3-7(17)11(9)18-2/h3-4,17H,14H2,1-2H3. The third-order valence-electron chi connectivity index (χ3n) is 2.53. The molecular weight excluding hydrogens is 261 g/mol. The van der Waals surface area contributed by atoms with Crippen molar-refractivity contribution >= 4 is 17.4 Å². The number of nitrogens with two attached hydrogens (primary N) is 1. The van der Waals surface area contributed by atoms with E-state index < -0.39 is 5.82 Å². The van der Waals surface area contributed by atoms with Crippen molar-refractivity contribution in [3.05, 3.63) is 23.0 Å². The topological polar surface area (TPSA) is 73.3 Å². The van der Waals surface area contributed by atoms with E-state index in [4.69, 9.17) is 22.1 Å². The number of rotatable bonds is 2. The Hall–Kier alpha value is -1.95. The van der Waals surface area contributed by atoms with Gasteiger partial charge in [-0.15, -0.1) is 0 Å². The smallest absolute Gasteiger partial charge is 0.171 e. The third kappa shape index (κ3) is 1.84. The highest BCUT2D eigenvalue weighted by Gasteiger charge is 2.21. The van der Waals surface area contributed by atoms with Gasteiger partial charge in [-0.3, -0.25) is 4.68 Å². The van der Waals surface area contributed by atoms with Gasteiger partial charge in [0, 0.05) is 19.2 Å². The van der Waals surface area contributed by atoms with E-state index in [0.29, 0.717) is 11.5 Å². The first-order valence-electron chi connectivity index (χ1n) is 5.00. The molecule has 96 valence electrons. The number of aryl methyl sites for hydroxylation is 1. The summed E-state index contributed by atoms with van der Waals surface area (Å²) in [6.45, 7) is 0. The Morgan fingerprint density at radius 3 is 2.67 bits per heavy atom. The van der Waals surface area contributed by atoms with Crippen molar-refractivity contribution in [1.82, 2.24) is 9.78 Å². The van der Waals surface area contributed by atoms with Crippen LogP contribution >= 0.6 is 11.6 Å². The quantitative estimate of drug-likeness (QED) is 0.878. The lowest BCUT2D eigenvalue weighted by atomic mass is 10.1. The third-order valence-corrected chi connectivity index (χ3v) is 2.90. The molecule has 0 unspecified atom stereocenters. The number of nitrogen functional groups attached to an aromatic ring is 1. The molecule has 5 nitrogen and oxygen atoms in total. The lowest BCUT2D eigenvalue weighted by Crippen LogP contribution is -1.97. The Balaban J connectivity index is 2.76. The fourth-order valence-corrected chi connectivity index (χ4v) is 1.87. The Labute approximate surface area is 108 Å². The van der Waals surface area contributed by atoms with E-state index in [1.807, 2.05) is 0 Å². The first-order chi connectivity index (χ1) is 8.45. The van der Waals surface area contributed by atoms with E-state index in [-0.39, 0.29) is 22.1 Å². The van der Waals surface area contributed by atoms with Crippen LogP contribution in [0.3, 0.4) is 0 Å². The summed E-state index contributed by atoms with van der Waals surface area (Å²) in [6, 6.07) is 2.40. The molecule has 0 aliphatic rings. The minimum Gasteiger partial charge on any atom is -0.504 e. The Bertz CT molecular complexity index is 593. The maximum atomic E-state index is 13.5. The SMILES string of the molecule is COc1c(O)cc(F)c(Cl)c1-c1cc(N)n(C)n1. The molecule has 0 fully saturated rings. The van der Waals surface area contributed by atoms with Gasteiger partial charge >= 0.3 is 0 Å². The van der Waals surface area contributed by atoms with Crippen LogP contribution in [-0.2, 0) is 7.05 Å². The average Bonchev–Trinajstić information content (AvgIpc) is 2.63. The maximum absolute atomic E-state index is 13.5. The highest BCUT2D eigenvalue weighted by atomic mass is 35.5. The molecule has 0 saturated carbocycles. The molecule has 7 heteroatoms. The van der Waals surface area contributed by atoms with Crippen LogP contribution in [0.15, 0.2) is 12.1 Å². The molecule has 0 atom stereocenters. The average molecular weight is 272 g/mol. The van der Waals surface area contributed by atoms with E-state index in [9.17, 15) is 9.50 Å². The molecule has 0 aliphatic heterocycles. The van der Waals surface area contributed by atoms with Crippen molar-refractivity contribution in [3.63, 3.8) is 0 Å². The van der Waals surface area contributed by atoms with Crippen LogP contribution in [0.25, 0.3) is 11.3 Å². The van der Waals surface area contributed by atoms with Crippen LogP contribution in [0.1, 0.15) is 0 Å². The monoisotopic (exact) mass is 271 g/mol. The molecule has 0 spiro atoms. The molecule has 0 saturated heterocycles. The van der Waals surface area contributed by atoms with E-state index in [2.05, 4.69) is 5.10 Å². The van der Waals surface area contributed by atoms with Crippen molar-refractivity contribution in [2.45, 2.75) is 0 Å². The Kier molecular flexibility index (Phi) is 3.04. The Morgan fingerprint density at radius 2 is 2.17 bits per heavy atom. The predicted molar refractivity (Wildman–Crippen MR) is 66.2 cm³/mol. The Morgan fingerprint density at radius 1 is 1.50 bits per heavy atom. The van der Waals surface area contributed by atoms with Gasteiger partial charge < -0.3 is 15.6 Å². The predicted octanol–water partition coefficient (Wildman–Crippen LogP) is 2.18. The summed E-state index contributed by atoms with van der Waals surface area (Å²) in [7, 11) is 2.98. The van der Waals surface area contributed by atoms with Crippen LogP contribution in [0.2, 0.25) is 5.02 Å².